The van der Waals surface area contributed by atoms with Crippen LogP contribution in [-0.2, 0) is 0 Å². The average Bonchev–Trinajstić information content (AvgIpc) is 2.07. The van der Waals surface area contributed by atoms with Gasteiger partial charge in [-0.1, -0.05) is 6.92 Å². The zero-order valence-electron chi connectivity index (χ0n) is 7.64. The fourth-order valence-electron chi connectivity index (χ4n) is 1.55. The van der Waals surface area contributed by atoms with Gasteiger partial charge in [0.2, 0.25) is 0 Å². The Morgan fingerprint density at radius 2 is 1.92 bits per heavy atom. The van der Waals surface area contributed by atoms with Crippen LogP contribution in [0.4, 0.5) is 0 Å². The molecule has 0 amide bonds. The second kappa shape index (κ2) is 4.21. The van der Waals surface area contributed by atoms with Crippen LogP contribution in [0.15, 0.2) is 11.5 Å². The highest BCUT2D eigenvalue weighted by molar-refractivity contribution is 5.07. The number of nitrogens with zero attached hydrogens (tertiary/aromatic N) is 1. The third kappa shape index (κ3) is 2.04. The first-order valence-corrected chi connectivity index (χ1v) is 4.45. The summed E-state index contributed by atoms with van der Waals surface area (Å²) in [6.07, 6.45) is 0.919. The third-order valence-electron chi connectivity index (χ3n) is 2.17. The van der Waals surface area contributed by atoms with Crippen LogP contribution in [0.25, 0.3) is 0 Å². The van der Waals surface area contributed by atoms with Gasteiger partial charge in [0.05, 0.1) is 5.70 Å². The molecule has 0 unspecified atom stereocenters. The van der Waals surface area contributed by atoms with Crippen molar-refractivity contribution in [1.82, 2.24) is 10.2 Å². The molecule has 0 aromatic rings. The number of hydrogen-bond acceptors (Lipinski definition) is 4. The van der Waals surface area contributed by atoms with Gasteiger partial charge in [0.15, 0.2) is 0 Å². The zero-order valence-corrected chi connectivity index (χ0v) is 7.64. The van der Waals surface area contributed by atoms with Crippen LogP contribution in [0.5, 0.6) is 0 Å². The first-order valence-electron chi connectivity index (χ1n) is 4.45. The van der Waals surface area contributed by atoms with Crippen molar-refractivity contribution in [1.29, 1.82) is 0 Å². The van der Waals surface area contributed by atoms with E-state index in [2.05, 4.69) is 17.1 Å². The lowest BCUT2D eigenvalue weighted by Gasteiger charge is -2.31. The molecule has 1 aliphatic rings. The summed E-state index contributed by atoms with van der Waals surface area (Å²) in [5.41, 5.74) is 12.2. The second-order valence-corrected chi connectivity index (χ2v) is 2.99. The van der Waals surface area contributed by atoms with Gasteiger partial charge in [-0.05, 0) is 6.42 Å². The molecule has 0 saturated carbocycles. The molecular weight excluding hydrogens is 152 g/mol. The molecule has 1 heterocycles. The van der Waals surface area contributed by atoms with Crippen LogP contribution in [-0.4, -0.2) is 31.1 Å². The first kappa shape index (κ1) is 9.19. The predicted molar refractivity (Wildman–Crippen MR) is 50.1 cm³/mol. The van der Waals surface area contributed by atoms with Crippen molar-refractivity contribution in [3.63, 3.8) is 0 Å². The smallest absolute Gasteiger partial charge is 0.113 e. The van der Waals surface area contributed by atoms with Gasteiger partial charge >= 0.3 is 0 Å². The van der Waals surface area contributed by atoms with Crippen LogP contribution in [0.1, 0.15) is 13.3 Å². The molecule has 4 heteroatoms. The lowest BCUT2D eigenvalue weighted by molar-refractivity contribution is 0.289. The molecule has 1 rings (SSSR count). The minimum Gasteiger partial charge on any atom is -0.384 e. The van der Waals surface area contributed by atoms with Gasteiger partial charge in [-0.3, -0.25) is 0 Å². The maximum absolute atomic E-state index is 5.57. The van der Waals surface area contributed by atoms with Gasteiger partial charge in [0.1, 0.15) is 5.82 Å². The highest BCUT2D eigenvalue weighted by Crippen LogP contribution is 2.09. The highest BCUT2D eigenvalue weighted by Gasteiger charge is 2.12. The van der Waals surface area contributed by atoms with Crippen molar-refractivity contribution in [2.75, 3.05) is 26.2 Å². The average molecular weight is 170 g/mol. The molecule has 0 atom stereocenters. The van der Waals surface area contributed by atoms with Crippen molar-refractivity contribution in [2.45, 2.75) is 13.3 Å². The number of nitrogens with two attached hydrogens (primary N) is 2. The molecule has 0 aliphatic carbocycles. The van der Waals surface area contributed by atoms with E-state index >= 15 is 0 Å². The molecule has 1 aliphatic heterocycles. The Labute approximate surface area is 73.6 Å². The molecule has 0 radical (unpaired) electrons. The fraction of sp³-hybridized carbons (Fsp3) is 0.750. The van der Waals surface area contributed by atoms with E-state index in [0.29, 0.717) is 5.82 Å². The summed E-state index contributed by atoms with van der Waals surface area (Å²) in [4.78, 5) is 2.26. The molecule has 4 nitrogen and oxygen atoms in total. The van der Waals surface area contributed by atoms with E-state index in [1.54, 1.807) is 0 Å². The van der Waals surface area contributed by atoms with E-state index in [4.69, 9.17) is 11.5 Å². The Kier molecular flexibility index (Phi) is 3.22. The third-order valence-corrected chi connectivity index (χ3v) is 2.17. The summed E-state index contributed by atoms with van der Waals surface area (Å²) in [6, 6.07) is 0. The molecule has 0 aromatic heterocycles. The standard InChI is InChI=1S/C8H18N4/c1-2-7(8(9)10)12-5-3-11-4-6-12/h11H,2-6,9-10H2,1H3. The van der Waals surface area contributed by atoms with E-state index in [1.165, 1.54) is 0 Å². The van der Waals surface area contributed by atoms with Gasteiger partial charge in [-0.25, -0.2) is 0 Å². The monoisotopic (exact) mass is 170 g/mol. The largest absolute Gasteiger partial charge is 0.384 e. The van der Waals surface area contributed by atoms with Crippen LogP contribution in [0, 0.1) is 0 Å². The molecule has 0 bridgehead atoms. The van der Waals surface area contributed by atoms with E-state index < -0.39 is 0 Å². The zero-order chi connectivity index (χ0) is 8.97. The molecule has 1 saturated heterocycles. The van der Waals surface area contributed by atoms with Crippen LogP contribution in [0.2, 0.25) is 0 Å². The predicted octanol–water partition coefficient (Wildman–Crippen LogP) is -0.612. The van der Waals surface area contributed by atoms with E-state index in [-0.39, 0.29) is 0 Å². The van der Waals surface area contributed by atoms with Gasteiger partial charge < -0.3 is 21.7 Å². The minimum atomic E-state index is 0.472. The Balaban J connectivity index is 2.59. The van der Waals surface area contributed by atoms with Gasteiger partial charge in [-0.2, -0.15) is 0 Å². The molecule has 0 aromatic carbocycles. The fourth-order valence-corrected chi connectivity index (χ4v) is 1.55. The van der Waals surface area contributed by atoms with E-state index in [0.717, 1.165) is 38.3 Å². The van der Waals surface area contributed by atoms with Crippen LogP contribution < -0.4 is 16.8 Å². The van der Waals surface area contributed by atoms with Crippen LogP contribution >= 0.6 is 0 Å². The van der Waals surface area contributed by atoms with E-state index in [1.807, 2.05) is 0 Å². The normalized spacial score (nSPS) is 17.6. The lowest BCUT2D eigenvalue weighted by Crippen LogP contribution is -2.44. The Morgan fingerprint density at radius 3 is 2.33 bits per heavy atom. The Morgan fingerprint density at radius 1 is 1.33 bits per heavy atom. The summed E-state index contributed by atoms with van der Waals surface area (Å²) in [7, 11) is 0. The van der Waals surface area contributed by atoms with Crippen molar-refractivity contribution < 1.29 is 0 Å². The topological polar surface area (TPSA) is 67.3 Å². The van der Waals surface area contributed by atoms with Crippen molar-refractivity contribution in [2.24, 2.45) is 11.5 Å². The summed E-state index contributed by atoms with van der Waals surface area (Å²) in [6.45, 7) is 6.16. The van der Waals surface area contributed by atoms with Crippen molar-refractivity contribution in [3.05, 3.63) is 11.5 Å². The van der Waals surface area contributed by atoms with Gasteiger partial charge in [0, 0.05) is 26.2 Å². The van der Waals surface area contributed by atoms with Crippen molar-refractivity contribution >= 4 is 0 Å². The lowest BCUT2D eigenvalue weighted by atomic mass is 10.2. The molecule has 1 fully saturated rings. The first-order chi connectivity index (χ1) is 5.75. The number of hydrogen-bond donors (Lipinski definition) is 3. The molecule has 12 heavy (non-hydrogen) atoms. The number of nitrogens with one attached hydrogen (secondary N) is 1. The maximum atomic E-state index is 5.57. The second-order valence-electron chi connectivity index (χ2n) is 2.99. The summed E-state index contributed by atoms with van der Waals surface area (Å²) in [5.74, 6) is 0.472. The minimum absolute atomic E-state index is 0.472. The van der Waals surface area contributed by atoms with Crippen LogP contribution in [0.3, 0.4) is 0 Å². The summed E-state index contributed by atoms with van der Waals surface area (Å²) in [5, 5.41) is 3.29. The SMILES string of the molecule is CCC(=C(N)N)N1CCNCC1. The highest BCUT2D eigenvalue weighted by atomic mass is 15.2. The Hall–Kier alpha value is -0.900. The Bertz CT molecular complexity index is 166. The number of piperazine rings is 1. The molecule has 5 N–H and O–H groups in total. The van der Waals surface area contributed by atoms with Crippen molar-refractivity contribution in [3.8, 4) is 0 Å². The molecule has 70 valence electrons. The molecule has 0 spiro atoms. The van der Waals surface area contributed by atoms with Gasteiger partial charge in [0.25, 0.3) is 0 Å². The molecular formula is C8H18N4. The quantitative estimate of drug-likeness (QED) is 0.517. The maximum Gasteiger partial charge on any atom is 0.113 e. The summed E-state index contributed by atoms with van der Waals surface area (Å²) >= 11 is 0. The summed E-state index contributed by atoms with van der Waals surface area (Å²) < 4.78 is 0. The van der Waals surface area contributed by atoms with Gasteiger partial charge in [-0.15, -0.1) is 0 Å². The number of allylic oxidation sites excluding steroid dienone is 1. The number of rotatable bonds is 2. The van der Waals surface area contributed by atoms with E-state index in [9.17, 15) is 0 Å².